The van der Waals surface area contributed by atoms with E-state index in [0.717, 1.165) is 68.6 Å². The molecule has 1 amide bonds. The molecule has 0 radical (unpaired) electrons. The maximum Gasteiger partial charge on any atom is 0.233 e. The van der Waals surface area contributed by atoms with Gasteiger partial charge in [0.15, 0.2) is 4.34 Å². The number of hydrogen-bond donors (Lipinski definition) is 0. The number of carbonyl (C=O) groups excluding carboxylic acids is 1. The summed E-state index contributed by atoms with van der Waals surface area (Å²) in [5.74, 6) is 0.629. The Bertz CT molecular complexity index is 1180. The number of fused-ring (bicyclic) bond motifs is 1. The van der Waals surface area contributed by atoms with E-state index in [1.54, 1.807) is 22.7 Å². The normalized spacial score (nSPS) is 14.8. The van der Waals surface area contributed by atoms with Crippen molar-refractivity contribution in [1.29, 1.82) is 0 Å². The van der Waals surface area contributed by atoms with Crippen LogP contribution in [0.4, 0.5) is 0 Å². The summed E-state index contributed by atoms with van der Waals surface area (Å²) in [6.07, 6.45) is 0. The average Bonchev–Trinajstić information content (AvgIpc) is 3.45. The summed E-state index contributed by atoms with van der Waals surface area (Å²) in [6, 6.07) is 15.9. The fraction of sp³-hybridized carbons (Fsp3) is 0.261. The first-order chi connectivity index (χ1) is 15.6. The van der Waals surface area contributed by atoms with Crippen molar-refractivity contribution in [2.24, 2.45) is 0 Å². The van der Waals surface area contributed by atoms with Crippen LogP contribution in [-0.4, -0.2) is 57.6 Å². The van der Waals surface area contributed by atoms with Crippen molar-refractivity contribution in [3.8, 4) is 11.3 Å². The Hall–Kier alpha value is -1.97. The number of rotatable bonds is 6. The van der Waals surface area contributed by atoms with Gasteiger partial charge in [-0.25, -0.2) is 9.97 Å². The molecule has 0 unspecified atom stereocenters. The van der Waals surface area contributed by atoms with Crippen LogP contribution < -0.4 is 0 Å². The van der Waals surface area contributed by atoms with Crippen molar-refractivity contribution in [1.82, 2.24) is 19.8 Å². The van der Waals surface area contributed by atoms with Crippen LogP contribution in [0, 0.1) is 0 Å². The third-order valence-corrected chi connectivity index (χ3v) is 8.62. The number of aromatic nitrogens is 2. The summed E-state index contributed by atoms with van der Waals surface area (Å²) < 4.78 is 2.12. The van der Waals surface area contributed by atoms with Gasteiger partial charge < -0.3 is 4.90 Å². The third-order valence-electron chi connectivity index (χ3n) is 5.37. The highest BCUT2D eigenvalue weighted by Crippen LogP contribution is 2.29. The molecule has 3 heterocycles. The molecule has 4 aromatic rings. The van der Waals surface area contributed by atoms with Crippen LogP contribution in [0.25, 0.3) is 21.5 Å². The van der Waals surface area contributed by atoms with E-state index in [1.807, 2.05) is 47.4 Å². The molecule has 1 saturated heterocycles. The molecule has 1 fully saturated rings. The molecular weight excluding hydrogens is 480 g/mol. The van der Waals surface area contributed by atoms with Crippen molar-refractivity contribution in [2.75, 3.05) is 31.9 Å². The monoisotopic (exact) mass is 500 g/mol. The van der Waals surface area contributed by atoms with E-state index in [9.17, 15) is 4.79 Å². The minimum Gasteiger partial charge on any atom is -0.339 e. The van der Waals surface area contributed by atoms with Crippen LogP contribution in [0.2, 0.25) is 5.02 Å². The Morgan fingerprint density at radius 2 is 1.81 bits per heavy atom. The van der Waals surface area contributed by atoms with Gasteiger partial charge in [-0.3, -0.25) is 9.69 Å². The minimum absolute atomic E-state index is 0.188. The number of benzene rings is 2. The molecule has 2 aromatic heterocycles. The quantitative estimate of drug-likeness (QED) is 0.327. The number of hydrogen-bond acceptors (Lipinski definition) is 7. The second-order valence-corrected chi connectivity index (χ2v) is 11.2. The molecule has 2 aromatic carbocycles. The van der Waals surface area contributed by atoms with Crippen LogP contribution in [0.15, 0.2) is 58.3 Å². The predicted octanol–water partition coefficient (Wildman–Crippen LogP) is 5.51. The number of amides is 1. The molecule has 1 aliphatic heterocycles. The van der Waals surface area contributed by atoms with Gasteiger partial charge >= 0.3 is 0 Å². The Kier molecular flexibility index (Phi) is 6.75. The fourth-order valence-electron chi connectivity index (χ4n) is 3.61. The Balaban J connectivity index is 1.10. The fourth-order valence-corrected chi connectivity index (χ4v) is 6.55. The number of nitrogens with zero attached hydrogens (tertiary/aromatic N) is 4. The zero-order valence-electron chi connectivity index (χ0n) is 17.2. The largest absolute Gasteiger partial charge is 0.339 e. The standard InChI is InChI=1S/C23H21ClN4OS3/c24-17-7-5-16(6-8-17)19-14-30-21(25-19)13-27-9-11-28(12-10-27)22(29)15-31-23-26-18-3-1-2-4-20(18)32-23/h1-8,14H,9-13,15H2. The SMILES string of the molecule is O=C(CSc1nc2ccccc2s1)N1CCN(Cc2nc(-c3ccc(Cl)cc3)cs2)CC1. The molecule has 32 heavy (non-hydrogen) atoms. The molecule has 0 saturated carbocycles. The molecule has 0 aliphatic carbocycles. The van der Waals surface area contributed by atoms with E-state index in [4.69, 9.17) is 16.6 Å². The molecule has 9 heteroatoms. The first-order valence-electron chi connectivity index (χ1n) is 10.3. The summed E-state index contributed by atoms with van der Waals surface area (Å²) in [5.41, 5.74) is 3.07. The Morgan fingerprint density at radius 3 is 2.59 bits per heavy atom. The van der Waals surface area contributed by atoms with Crippen LogP contribution in [0.3, 0.4) is 0 Å². The lowest BCUT2D eigenvalue weighted by atomic mass is 10.2. The summed E-state index contributed by atoms with van der Waals surface area (Å²) in [6.45, 7) is 4.07. The van der Waals surface area contributed by atoms with Crippen molar-refractivity contribution in [3.05, 3.63) is 63.9 Å². The summed E-state index contributed by atoms with van der Waals surface area (Å²) in [4.78, 5) is 26.4. The van der Waals surface area contributed by atoms with E-state index in [-0.39, 0.29) is 5.91 Å². The number of carbonyl (C=O) groups is 1. The average molecular weight is 501 g/mol. The lowest BCUT2D eigenvalue weighted by molar-refractivity contribution is -0.130. The van der Waals surface area contributed by atoms with Crippen LogP contribution in [-0.2, 0) is 11.3 Å². The lowest BCUT2D eigenvalue weighted by Crippen LogP contribution is -2.48. The highest BCUT2D eigenvalue weighted by molar-refractivity contribution is 8.01. The van der Waals surface area contributed by atoms with Crippen LogP contribution in [0.1, 0.15) is 5.01 Å². The molecule has 0 N–H and O–H groups in total. The highest BCUT2D eigenvalue weighted by atomic mass is 35.5. The molecular formula is C23H21ClN4OS3. The van der Waals surface area contributed by atoms with Gasteiger partial charge in [0.2, 0.25) is 5.91 Å². The first-order valence-corrected chi connectivity index (χ1v) is 13.4. The van der Waals surface area contributed by atoms with Gasteiger partial charge in [0.1, 0.15) is 5.01 Å². The molecule has 164 valence electrons. The zero-order valence-corrected chi connectivity index (χ0v) is 20.4. The third kappa shape index (κ3) is 5.15. The molecule has 1 aliphatic rings. The first kappa shape index (κ1) is 21.9. The predicted molar refractivity (Wildman–Crippen MR) is 135 cm³/mol. The van der Waals surface area contributed by atoms with Gasteiger partial charge in [0.25, 0.3) is 0 Å². The van der Waals surface area contributed by atoms with Gasteiger partial charge in [-0.05, 0) is 24.3 Å². The number of piperazine rings is 1. The highest BCUT2D eigenvalue weighted by Gasteiger charge is 2.22. The Morgan fingerprint density at radius 1 is 1.03 bits per heavy atom. The van der Waals surface area contributed by atoms with Crippen molar-refractivity contribution in [3.63, 3.8) is 0 Å². The van der Waals surface area contributed by atoms with E-state index in [1.165, 1.54) is 11.8 Å². The molecule has 5 nitrogen and oxygen atoms in total. The van der Waals surface area contributed by atoms with E-state index >= 15 is 0 Å². The smallest absolute Gasteiger partial charge is 0.233 e. The Labute approximate surface area is 204 Å². The van der Waals surface area contributed by atoms with Crippen LogP contribution >= 0.6 is 46.0 Å². The van der Waals surface area contributed by atoms with Crippen molar-refractivity contribution in [2.45, 2.75) is 10.9 Å². The van der Waals surface area contributed by atoms with Crippen molar-refractivity contribution < 1.29 is 4.79 Å². The van der Waals surface area contributed by atoms with Gasteiger partial charge in [-0.2, -0.15) is 0 Å². The lowest BCUT2D eigenvalue weighted by Gasteiger charge is -2.34. The van der Waals surface area contributed by atoms with Gasteiger partial charge in [0.05, 0.1) is 28.2 Å². The van der Waals surface area contributed by atoms with Crippen molar-refractivity contribution >= 4 is 62.2 Å². The number of para-hydroxylation sites is 1. The second kappa shape index (κ2) is 9.89. The summed E-state index contributed by atoms with van der Waals surface area (Å²) in [5, 5.41) is 3.92. The number of halogens is 1. The summed E-state index contributed by atoms with van der Waals surface area (Å²) in [7, 11) is 0. The van der Waals surface area contributed by atoms with Gasteiger partial charge in [-0.1, -0.05) is 47.6 Å². The molecule has 0 bridgehead atoms. The van der Waals surface area contributed by atoms with Gasteiger partial charge in [-0.15, -0.1) is 22.7 Å². The number of thiazole rings is 2. The second-order valence-electron chi connectivity index (χ2n) is 7.53. The van der Waals surface area contributed by atoms with Gasteiger partial charge in [0, 0.05) is 42.1 Å². The topological polar surface area (TPSA) is 49.3 Å². The maximum absolute atomic E-state index is 12.7. The van der Waals surface area contributed by atoms with E-state index < -0.39 is 0 Å². The zero-order chi connectivity index (χ0) is 21.9. The summed E-state index contributed by atoms with van der Waals surface area (Å²) >= 11 is 10.8. The molecule has 0 spiro atoms. The van der Waals surface area contributed by atoms with E-state index in [2.05, 4.69) is 21.3 Å². The molecule has 0 atom stereocenters. The minimum atomic E-state index is 0.188. The maximum atomic E-state index is 12.7. The number of thioether (sulfide) groups is 1. The van der Waals surface area contributed by atoms with Crippen LogP contribution in [0.5, 0.6) is 0 Å². The molecule has 5 rings (SSSR count). The van der Waals surface area contributed by atoms with E-state index in [0.29, 0.717) is 5.75 Å².